The van der Waals surface area contributed by atoms with Crippen molar-refractivity contribution in [1.82, 2.24) is 10.2 Å². The molecule has 0 unspecified atom stereocenters. The molecule has 3 rings (SSSR count). The van der Waals surface area contributed by atoms with E-state index in [0.717, 1.165) is 16.6 Å². The molecule has 0 atom stereocenters. The molecule has 0 amide bonds. The van der Waals surface area contributed by atoms with Crippen molar-refractivity contribution in [3.05, 3.63) is 42.5 Å². The molecule has 0 radical (unpaired) electrons. The third-order valence-corrected chi connectivity index (χ3v) is 2.43. The highest BCUT2D eigenvalue weighted by atomic mass is 17.0. The van der Waals surface area contributed by atoms with Gasteiger partial charge in [-0.2, -0.15) is 5.06 Å². The topological polar surface area (TPSA) is 77.8 Å². The van der Waals surface area contributed by atoms with Crippen LogP contribution in [0.15, 0.2) is 42.5 Å². The first-order valence-corrected chi connectivity index (χ1v) is 4.75. The van der Waals surface area contributed by atoms with Gasteiger partial charge in [0.1, 0.15) is 0 Å². The Morgan fingerprint density at radius 2 is 2.19 bits per heavy atom. The fourth-order valence-electron chi connectivity index (χ4n) is 1.62. The molecule has 1 aliphatic rings. The van der Waals surface area contributed by atoms with E-state index < -0.39 is 0 Å². The van der Waals surface area contributed by atoms with E-state index in [1.807, 2.05) is 30.5 Å². The number of nitrogens with zero attached hydrogens (tertiary/aromatic N) is 2. The number of hydrogen-bond donors (Lipinski definition) is 3. The first-order valence-electron chi connectivity index (χ1n) is 4.75. The van der Waals surface area contributed by atoms with Gasteiger partial charge in [-0.1, -0.05) is 5.23 Å². The van der Waals surface area contributed by atoms with Gasteiger partial charge < -0.3 is 10.7 Å². The van der Waals surface area contributed by atoms with Crippen molar-refractivity contribution in [3.63, 3.8) is 0 Å². The van der Waals surface area contributed by atoms with E-state index in [1.54, 1.807) is 0 Å². The summed E-state index contributed by atoms with van der Waals surface area (Å²) in [4.78, 5) is 8.08. The molecule has 0 bridgehead atoms. The zero-order chi connectivity index (χ0) is 11.1. The second-order valence-corrected chi connectivity index (χ2v) is 3.48. The first kappa shape index (κ1) is 9.08. The fourth-order valence-corrected chi connectivity index (χ4v) is 1.62. The van der Waals surface area contributed by atoms with Gasteiger partial charge in [-0.3, -0.25) is 5.21 Å². The average Bonchev–Trinajstić information content (AvgIpc) is 2.85. The summed E-state index contributed by atoms with van der Waals surface area (Å²) in [6.45, 7) is 0. The second kappa shape index (κ2) is 3.16. The molecular formula is C10H10N4O2. The van der Waals surface area contributed by atoms with Gasteiger partial charge in [0.05, 0.1) is 11.9 Å². The number of fused-ring (bicyclic) bond motifs is 1. The molecule has 1 aliphatic heterocycles. The maximum Gasteiger partial charge on any atom is 0.176 e. The molecule has 0 saturated carbocycles. The molecule has 82 valence electrons. The zero-order valence-electron chi connectivity index (χ0n) is 8.29. The van der Waals surface area contributed by atoms with E-state index in [0.29, 0.717) is 5.23 Å². The second-order valence-electron chi connectivity index (χ2n) is 3.48. The summed E-state index contributed by atoms with van der Waals surface area (Å²) in [5.74, 6) is 0.133. The molecule has 6 nitrogen and oxygen atoms in total. The lowest BCUT2D eigenvalue weighted by molar-refractivity contribution is -0.304. The standard InChI is InChI=1S/C10H10N4O2/c11-10-6-13(16-14(10)15)8-1-2-9-7(5-8)3-4-12-9/h1-6,12,15H,11H2. The maximum atomic E-state index is 9.17. The molecule has 2 heterocycles. The number of anilines is 1. The van der Waals surface area contributed by atoms with Crippen molar-refractivity contribution >= 4 is 16.6 Å². The van der Waals surface area contributed by atoms with Gasteiger partial charge in [0.25, 0.3) is 0 Å². The van der Waals surface area contributed by atoms with Crippen LogP contribution in [-0.2, 0) is 4.94 Å². The molecule has 4 N–H and O–H groups in total. The Morgan fingerprint density at radius 1 is 1.31 bits per heavy atom. The number of rotatable bonds is 1. The van der Waals surface area contributed by atoms with E-state index in [-0.39, 0.29) is 5.82 Å². The number of aromatic nitrogens is 1. The van der Waals surface area contributed by atoms with Crippen LogP contribution in [-0.4, -0.2) is 15.4 Å². The minimum atomic E-state index is 0.133. The van der Waals surface area contributed by atoms with Crippen LogP contribution >= 0.6 is 0 Å². The van der Waals surface area contributed by atoms with Crippen LogP contribution in [0.4, 0.5) is 5.69 Å². The van der Waals surface area contributed by atoms with Crippen LogP contribution in [0.1, 0.15) is 0 Å². The number of H-pyrrole nitrogens is 1. The van der Waals surface area contributed by atoms with E-state index in [9.17, 15) is 5.21 Å². The lowest BCUT2D eigenvalue weighted by Crippen LogP contribution is -2.22. The van der Waals surface area contributed by atoms with E-state index in [1.165, 1.54) is 11.3 Å². The predicted molar refractivity (Wildman–Crippen MR) is 57.8 cm³/mol. The Balaban J connectivity index is 2.00. The molecule has 0 saturated heterocycles. The summed E-state index contributed by atoms with van der Waals surface area (Å²) in [6, 6.07) is 7.67. The Morgan fingerprint density at radius 3 is 2.94 bits per heavy atom. The summed E-state index contributed by atoms with van der Waals surface area (Å²) in [6.07, 6.45) is 3.36. The Labute approximate surface area is 91.0 Å². The van der Waals surface area contributed by atoms with Crippen molar-refractivity contribution in [3.8, 4) is 0 Å². The molecule has 16 heavy (non-hydrogen) atoms. The minimum absolute atomic E-state index is 0.133. The third-order valence-electron chi connectivity index (χ3n) is 2.43. The summed E-state index contributed by atoms with van der Waals surface area (Å²) in [5.41, 5.74) is 7.29. The van der Waals surface area contributed by atoms with Crippen LogP contribution in [0.5, 0.6) is 0 Å². The van der Waals surface area contributed by atoms with E-state index in [2.05, 4.69) is 4.98 Å². The third kappa shape index (κ3) is 1.28. The van der Waals surface area contributed by atoms with Crippen LogP contribution in [0.2, 0.25) is 0 Å². The SMILES string of the molecule is NC1=CN(c2ccc3[nH]ccc3c2)ON1O. The number of nitrogens with one attached hydrogen (secondary N) is 1. The quantitative estimate of drug-likeness (QED) is 0.672. The van der Waals surface area contributed by atoms with Crippen molar-refractivity contribution in [2.75, 3.05) is 5.06 Å². The zero-order valence-corrected chi connectivity index (χ0v) is 8.29. The van der Waals surface area contributed by atoms with Crippen molar-refractivity contribution < 1.29 is 10.1 Å². The molecule has 0 fully saturated rings. The van der Waals surface area contributed by atoms with Gasteiger partial charge in [-0.05, 0) is 24.3 Å². The molecule has 1 aromatic heterocycles. The van der Waals surface area contributed by atoms with Crippen LogP contribution in [0.3, 0.4) is 0 Å². The van der Waals surface area contributed by atoms with Crippen molar-refractivity contribution in [1.29, 1.82) is 0 Å². The largest absolute Gasteiger partial charge is 0.380 e. The lowest BCUT2D eigenvalue weighted by Gasteiger charge is -2.15. The van der Waals surface area contributed by atoms with Gasteiger partial charge >= 0.3 is 0 Å². The Kier molecular flexibility index (Phi) is 1.79. The Bertz CT molecular complexity index is 563. The number of hydroxylamine groups is 3. The number of aromatic amines is 1. The molecule has 0 spiro atoms. The fraction of sp³-hybridized carbons (Fsp3) is 0. The summed E-state index contributed by atoms with van der Waals surface area (Å²) in [5, 5.41) is 12.1. The highest BCUT2D eigenvalue weighted by molar-refractivity contribution is 5.83. The molecule has 6 heteroatoms. The van der Waals surface area contributed by atoms with Gasteiger partial charge in [-0.15, -0.1) is 4.94 Å². The van der Waals surface area contributed by atoms with Crippen LogP contribution in [0, 0.1) is 0 Å². The average molecular weight is 218 g/mol. The number of hydrogen-bond acceptors (Lipinski definition) is 5. The van der Waals surface area contributed by atoms with Crippen molar-refractivity contribution in [2.45, 2.75) is 0 Å². The lowest BCUT2D eigenvalue weighted by atomic mass is 10.2. The number of nitrogens with two attached hydrogens (primary N) is 1. The van der Waals surface area contributed by atoms with E-state index in [4.69, 9.17) is 10.7 Å². The van der Waals surface area contributed by atoms with Crippen LogP contribution < -0.4 is 10.8 Å². The highest BCUT2D eigenvalue weighted by Gasteiger charge is 2.20. The van der Waals surface area contributed by atoms with Crippen LogP contribution in [0.25, 0.3) is 10.9 Å². The van der Waals surface area contributed by atoms with Gasteiger partial charge in [-0.25, -0.2) is 0 Å². The first-order chi connectivity index (χ1) is 7.74. The Hall–Kier alpha value is -2.18. The van der Waals surface area contributed by atoms with E-state index >= 15 is 0 Å². The predicted octanol–water partition coefficient (Wildman–Crippen LogP) is 1.28. The van der Waals surface area contributed by atoms with Gasteiger partial charge in [0.15, 0.2) is 5.82 Å². The highest BCUT2D eigenvalue weighted by Crippen LogP contribution is 2.25. The summed E-state index contributed by atoms with van der Waals surface area (Å²) >= 11 is 0. The molecule has 0 aliphatic carbocycles. The summed E-state index contributed by atoms with van der Waals surface area (Å²) in [7, 11) is 0. The van der Waals surface area contributed by atoms with Crippen molar-refractivity contribution in [2.24, 2.45) is 5.73 Å². The maximum absolute atomic E-state index is 9.17. The minimum Gasteiger partial charge on any atom is -0.380 e. The monoisotopic (exact) mass is 218 g/mol. The molecule has 1 aromatic carbocycles. The van der Waals surface area contributed by atoms with Gasteiger partial charge in [0.2, 0.25) is 0 Å². The molecule has 2 aromatic rings. The smallest absolute Gasteiger partial charge is 0.176 e. The molecular weight excluding hydrogens is 208 g/mol. The number of benzene rings is 1. The van der Waals surface area contributed by atoms with Gasteiger partial charge in [0, 0.05) is 17.1 Å². The summed E-state index contributed by atoms with van der Waals surface area (Å²) < 4.78 is 0. The normalized spacial score (nSPS) is 15.9.